The lowest BCUT2D eigenvalue weighted by molar-refractivity contribution is -0.145. The van der Waals surface area contributed by atoms with Crippen LogP contribution in [0.3, 0.4) is 0 Å². The van der Waals surface area contributed by atoms with E-state index in [0.717, 1.165) is 22.3 Å². The average Bonchev–Trinajstić information content (AvgIpc) is 3.39. The molecule has 1 fully saturated rings. The Morgan fingerprint density at radius 2 is 1.73 bits per heavy atom. The maximum absolute atomic E-state index is 12.8. The molecule has 3 atom stereocenters. The Bertz CT molecular complexity index is 1010. The first-order valence-corrected chi connectivity index (χ1v) is 11.1. The van der Waals surface area contributed by atoms with Gasteiger partial charge in [-0.1, -0.05) is 55.5 Å². The number of fused-ring (bicyclic) bond motifs is 3. The van der Waals surface area contributed by atoms with E-state index in [0.29, 0.717) is 13.0 Å². The third kappa shape index (κ3) is 4.71. The van der Waals surface area contributed by atoms with Crippen molar-refractivity contribution < 1.29 is 29.0 Å². The molecule has 2 amide bonds. The van der Waals surface area contributed by atoms with Gasteiger partial charge in [-0.3, -0.25) is 9.59 Å². The van der Waals surface area contributed by atoms with Crippen molar-refractivity contribution in [3.63, 3.8) is 0 Å². The second kappa shape index (κ2) is 9.62. The molecule has 4 rings (SSSR count). The average molecular weight is 453 g/mol. The Hall–Kier alpha value is -3.39. The highest BCUT2D eigenvalue weighted by Gasteiger charge is 2.38. The Kier molecular flexibility index (Phi) is 6.65. The van der Waals surface area contributed by atoms with Crippen LogP contribution in [0.2, 0.25) is 0 Å². The predicted octanol–water partition coefficient (Wildman–Crippen LogP) is 2.86. The highest BCUT2D eigenvalue weighted by molar-refractivity contribution is 5.83. The van der Waals surface area contributed by atoms with E-state index in [1.807, 2.05) is 24.3 Å². The zero-order valence-electron chi connectivity index (χ0n) is 18.7. The molecule has 1 aliphatic carbocycles. The molecule has 8 heteroatoms. The number of alkyl carbamates (subject to hydrolysis) is 1. The number of hydrogen-bond donors (Lipinski definition) is 2. The Morgan fingerprint density at radius 3 is 2.33 bits per heavy atom. The van der Waals surface area contributed by atoms with Gasteiger partial charge in [0.2, 0.25) is 0 Å². The molecule has 1 heterocycles. The largest absolute Gasteiger partial charge is 0.481 e. The van der Waals surface area contributed by atoms with Crippen molar-refractivity contribution in [3.8, 4) is 11.1 Å². The number of ether oxygens (including phenoxy) is 2. The van der Waals surface area contributed by atoms with Gasteiger partial charge in [-0.2, -0.15) is 0 Å². The minimum atomic E-state index is -0.977. The maximum Gasteiger partial charge on any atom is 0.407 e. The van der Waals surface area contributed by atoms with Crippen molar-refractivity contribution in [1.29, 1.82) is 0 Å². The molecule has 1 aliphatic heterocycles. The minimum Gasteiger partial charge on any atom is -0.481 e. The van der Waals surface area contributed by atoms with Gasteiger partial charge in [0.1, 0.15) is 6.61 Å². The van der Waals surface area contributed by atoms with Crippen LogP contribution in [0.25, 0.3) is 11.1 Å². The molecule has 33 heavy (non-hydrogen) atoms. The quantitative estimate of drug-likeness (QED) is 0.669. The van der Waals surface area contributed by atoms with E-state index in [9.17, 15) is 14.4 Å². The van der Waals surface area contributed by atoms with Gasteiger partial charge in [0, 0.05) is 26.1 Å². The van der Waals surface area contributed by atoms with Crippen molar-refractivity contribution in [3.05, 3.63) is 59.7 Å². The number of rotatable bonds is 7. The summed E-state index contributed by atoms with van der Waals surface area (Å²) >= 11 is 0. The predicted molar refractivity (Wildman–Crippen MR) is 121 cm³/mol. The molecule has 0 bridgehead atoms. The van der Waals surface area contributed by atoms with Gasteiger partial charge in [-0.25, -0.2) is 4.79 Å². The molecule has 0 spiro atoms. The Balaban J connectivity index is 1.36. The normalized spacial score (nSPS) is 19.9. The number of benzene rings is 2. The summed E-state index contributed by atoms with van der Waals surface area (Å²) in [5, 5.41) is 11.8. The zero-order valence-corrected chi connectivity index (χ0v) is 18.7. The van der Waals surface area contributed by atoms with Gasteiger partial charge in [0.15, 0.2) is 6.10 Å². The van der Waals surface area contributed by atoms with E-state index in [1.165, 1.54) is 18.9 Å². The monoisotopic (exact) mass is 452 g/mol. The third-order valence-electron chi connectivity index (χ3n) is 6.33. The van der Waals surface area contributed by atoms with Crippen LogP contribution < -0.4 is 5.32 Å². The van der Waals surface area contributed by atoms with Crippen molar-refractivity contribution in [2.24, 2.45) is 5.92 Å². The summed E-state index contributed by atoms with van der Waals surface area (Å²) in [4.78, 5) is 37.8. The van der Waals surface area contributed by atoms with Gasteiger partial charge in [-0.15, -0.1) is 0 Å². The number of nitrogens with zero attached hydrogens (tertiary/aromatic N) is 1. The molecule has 8 nitrogen and oxygen atoms in total. The van der Waals surface area contributed by atoms with Crippen LogP contribution in [0.15, 0.2) is 48.5 Å². The summed E-state index contributed by atoms with van der Waals surface area (Å²) in [6.45, 7) is 2.11. The summed E-state index contributed by atoms with van der Waals surface area (Å²) in [6, 6.07) is 15.7. The van der Waals surface area contributed by atoms with Gasteiger partial charge < -0.3 is 24.8 Å². The van der Waals surface area contributed by atoms with Gasteiger partial charge in [-0.05, 0) is 28.7 Å². The summed E-state index contributed by atoms with van der Waals surface area (Å²) < 4.78 is 11.1. The van der Waals surface area contributed by atoms with Crippen molar-refractivity contribution in [1.82, 2.24) is 10.2 Å². The fourth-order valence-corrected chi connectivity index (χ4v) is 4.57. The molecule has 2 aromatic rings. The van der Waals surface area contributed by atoms with Crippen LogP contribution in [0.4, 0.5) is 4.79 Å². The standard InChI is InChI=1S/C25H28N2O6/c1-15(24(29)30)13-27(2)23(28)22-21(11-12-32-22)26-25(31)33-14-20-18-9-5-3-7-16(18)17-8-4-6-10-19(17)20/h3-10,15,20-22H,11-14H2,1-2H3,(H,26,31)(H,29,30)/t15?,21-,22+/m1/s1. The zero-order chi connectivity index (χ0) is 23.5. The van der Waals surface area contributed by atoms with Gasteiger partial charge >= 0.3 is 12.1 Å². The smallest absolute Gasteiger partial charge is 0.407 e. The van der Waals surface area contributed by atoms with Crippen molar-refractivity contribution in [2.75, 3.05) is 26.8 Å². The molecule has 2 aliphatic rings. The molecule has 1 saturated heterocycles. The summed E-state index contributed by atoms with van der Waals surface area (Å²) in [5.74, 6) is -2.09. The van der Waals surface area contributed by atoms with Crippen molar-refractivity contribution >= 4 is 18.0 Å². The van der Waals surface area contributed by atoms with Crippen LogP contribution in [-0.4, -0.2) is 66.9 Å². The molecule has 2 N–H and O–H groups in total. The highest BCUT2D eigenvalue weighted by Crippen LogP contribution is 2.44. The lowest BCUT2D eigenvalue weighted by Crippen LogP contribution is -2.49. The molecule has 0 radical (unpaired) electrons. The molecule has 1 unspecified atom stereocenters. The fourth-order valence-electron chi connectivity index (χ4n) is 4.57. The number of carbonyl (C=O) groups excluding carboxylic acids is 2. The lowest BCUT2D eigenvalue weighted by Gasteiger charge is -2.26. The number of likely N-dealkylation sites (N-methyl/N-ethyl adjacent to an activating group) is 1. The molecule has 0 saturated carbocycles. The van der Waals surface area contributed by atoms with Crippen LogP contribution >= 0.6 is 0 Å². The Labute approximate surface area is 192 Å². The number of aliphatic carboxylic acids is 1. The minimum absolute atomic E-state index is 0.0518. The number of nitrogens with one attached hydrogen (secondary N) is 1. The number of carboxylic acid groups (broad SMARTS) is 1. The topological polar surface area (TPSA) is 105 Å². The first-order chi connectivity index (χ1) is 15.9. The van der Waals surface area contributed by atoms with E-state index in [2.05, 4.69) is 29.6 Å². The first-order valence-electron chi connectivity index (χ1n) is 11.1. The summed E-state index contributed by atoms with van der Waals surface area (Å²) in [5.41, 5.74) is 4.54. The second-order valence-electron chi connectivity index (χ2n) is 8.61. The van der Waals surface area contributed by atoms with Crippen LogP contribution in [0.1, 0.15) is 30.4 Å². The molecule has 2 aromatic carbocycles. The van der Waals surface area contributed by atoms with Crippen LogP contribution in [0.5, 0.6) is 0 Å². The summed E-state index contributed by atoms with van der Waals surface area (Å²) in [7, 11) is 1.54. The van der Waals surface area contributed by atoms with E-state index in [1.54, 1.807) is 0 Å². The third-order valence-corrected chi connectivity index (χ3v) is 6.33. The molecular formula is C25H28N2O6. The fraction of sp³-hybridized carbons (Fsp3) is 0.400. The number of carbonyl (C=O) groups is 3. The van der Waals surface area contributed by atoms with E-state index < -0.39 is 30.1 Å². The second-order valence-corrected chi connectivity index (χ2v) is 8.61. The van der Waals surface area contributed by atoms with Gasteiger partial charge in [0.05, 0.1) is 12.0 Å². The van der Waals surface area contributed by atoms with Gasteiger partial charge in [0.25, 0.3) is 5.91 Å². The van der Waals surface area contributed by atoms with Crippen molar-refractivity contribution in [2.45, 2.75) is 31.4 Å². The summed E-state index contributed by atoms with van der Waals surface area (Å²) in [6.07, 6.45) is -0.994. The van der Waals surface area contributed by atoms with E-state index >= 15 is 0 Å². The highest BCUT2D eigenvalue weighted by atomic mass is 16.6. The SMILES string of the molecule is CC(CN(C)C(=O)[C@H]1OCC[C@H]1NC(=O)OCC1c2ccccc2-c2ccccc21)C(=O)O. The molecular weight excluding hydrogens is 424 g/mol. The van der Waals surface area contributed by atoms with E-state index in [4.69, 9.17) is 14.6 Å². The maximum atomic E-state index is 12.8. The van der Waals surface area contributed by atoms with E-state index in [-0.39, 0.29) is 25.0 Å². The van der Waals surface area contributed by atoms with Crippen LogP contribution in [-0.2, 0) is 19.1 Å². The molecule has 174 valence electrons. The van der Waals surface area contributed by atoms with Crippen LogP contribution in [0, 0.1) is 5.92 Å². The molecule has 0 aromatic heterocycles. The number of carboxylic acids is 1. The number of amides is 2. The Morgan fingerprint density at radius 1 is 1.12 bits per heavy atom. The lowest BCUT2D eigenvalue weighted by atomic mass is 9.98. The number of hydrogen-bond acceptors (Lipinski definition) is 5. The first kappa shape index (κ1) is 22.8.